The molecule has 0 amide bonds. The maximum absolute atomic E-state index is 10.6. The second kappa shape index (κ2) is 11.4. The number of nitro groups is 4. The summed E-state index contributed by atoms with van der Waals surface area (Å²) in [6, 6.07) is 0. The highest BCUT2D eigenvalue weighted by Crippen LogP contribution is 2.21. The number of aliphatic hydroxyl groups excluding tert-OH is 2. The molecular weight excluding hydrogens is 404 g/mol. The Morgan fingerprint density at radius 3 is 0.966 bits per heavy atom. The highest BCUT2D eigenvalue weighted by atomic mass is 16.7. The Labute approximate surface area is 163 Å². The summed E-state index contributed by atoms with van der Waals surface area (Å²) in [6.45, 7) is 0. The van der Waals surface area contributed by atoms with Gasteiger partial charge in [0.2, 0.25) is 12.2 Å². The van der Waals surface area contributed by atoms with Crippen molar-refractivity contribution in [2.75, 3.05) is 0 Å². The fourth-order valence-electron chi connectivity index (χ4n) is 2.57. The van der Waals surface area contributed by atoms with Crippen LogP contribution in [-0.2, 0) is 0 Å². The van der Waals surface area contributed by atoms with E-state index in [2.05, 4.69) is 0 Å². The molecule has 0 aliphatic rings. The Bertz CT molecular complexity index is 522. The summed E-state index contributed by atoms with van der Waals surface area (Å²) in [7, 11) is 0. The third-order valence-electron chi connectivity index (χ3n) is 4.42. The molecular formula is C13H24N4O12. The van der Waals surface area contributed by atoms with E-state index < -0.39 is 43.6 Å². The summed E-state index contributed by atoms with van der Waals surface area (Å²) in [4.78, 5) is 36.0. The highest BCUT2D eigenvalue weighted by molar-refractivity contribution is 4.67. The molecule has 29 heavy (non-hydrogen) atoms. The summed E-state index contributed by atoms with van der Waals surface area (Å²) in [5, 5.41) is 80.0. The van der Waals surface area contributed by atoms with E-state index in [0.717, 1.165) is 0 Å². The molecule has 2 atom stereocenters. The van der Waals surface area contributed by atoms with Crippen LogP contribution in [0.4, 0.5) is 0 Å². The van der Waals surface area contributed by atoms with E-state index in [4.69, 9.17) is 0 Å². The SMILES string of the molecule is O=[N+]([O-])C(O)(C(O)CCCCCCCCCC(O)C(O)([N+](=O)[O-])[N+](=O)[O-])[N+](=O)[O-]. The number of aliphatic hydroxyl groups is 4. The largest absolute Gasteiger partial charge is 0.602 e. The van der Waals surface area contributed by atoms with Gasteiger partial charge in [0.15, 0.2) is 0 Å². The molecule has 0 aromatic heterocycles. The van der Waals surface area contributed by atoms with Crippen LogP contribution in [0.5, 0.6) is 0 Å². The number of rotatable bonds is 16. The second-order valence-electron chi connectivity index (χ2n) is 6.49. The molecule has 0 aliphatic heterocycles. The molecule has 0 heterocycles. The summed E-state index contributed by atoms with van der Waals surface area (Å²) in [5.74, 6) is -7.31. The summed E-state index contributed by atoms with van der Waals surface area (Å²) >= 11 is 0. The molecule has 168 valence electrons. The Morgan fingerprint density at radius 1 is 0.552 bits per heavy atom. The zero-order chi connectivity index (χ0) is 22.8. The molecule has 0 fully saturated rings. The third kappa shape index (κ3) is 6.77. The van der Waals surface area contributed by atoms with Crippen molar-refractivity contribution >= 4 is 0 Å². The van der Waals surface area contributed by atoms with Crippen molar-refractivity contribution in [3.8, 4) is 0 Å². The normalized spacial score (nSPS) is 14.2. The minimum atomic E-state index is -3.66. The molecule has 0 radical (unpaired) electrons. The van der Waals surface area contributed by atoms with Gasteiger partial charge in [-0.25, -0.2) is 0 Å². The van der Waals surface area contributed by atoms with E-state index >= 15 is 0 Å². The van der Waals surface area contributed by atoms with E-state index in [9.17, 15) is 60.9 Å². The van der Waals surface area contributed by atoms with Crippen molar-refractivity contribution in [3.63, 3.8) is 0 Å². The Kier molecular flexibility index (Phi) is 10.4. The first-order valence-electron chi connectivity index (χ1n) is 8.71. The fourth-order valence-corrected chi connectivity index (χ4v) is 2.57. The summed E-state index contributed by atoms with van der Waals surface area (Å²) < 4.78 is 0. The van der Waals surface area contributed by atoms with Crippen molar-refractivity contribution in [1.29, 1.82) is 0 Å². The van der Waals surface area contributed by atoms with Gasteiger partial charge in [-0.15, -0.1) is 0 Å². The van der Waals surface area contributed by atoms with E-state index in [0.29, 0.717) is 32.1 Å². The first-order chi connectivity index (χ1) is 13.3. The van der Waals surface area contributed by atoms with Gasteiger partial charge >= 0.3 is 11.7 Å². The number of nitrogens with zero attached hydrogens (tertiary/aromatic N) is 4. The maximum atomic E-state index is 10.6. The monoisotopic (exact) mass is 428 g/mol. The lowest BCUT2D eigenvalue weighted by atomic mass is 10.0. The van der Waals surface area contributed by atoms with E-state index in [1.54, 1.807) is 0 Å². The minimum Gasteiger partial charge on any atom is -0.377 e. The van der Waals surface area contributed by atoms with Crippen LogP contribution < -0.4 is 0 Å². The zero-order valence-corrected chi connectivity index (χ0v) is 15.4. The Hall–Kier alpha value is -2.56. The molecule has 0 rings (SSSR count). The fraction of sp³-hybridized carbons (Fsp3) is 1.00. The van der Waals surface area contributed by atoms with Crippen molar-refractivity contribution < 1.29 is 40.1 Å². The van der Waals surface area contributed by atoms with Gasteiger partial charge in [-0.05, 0) is 12.8 Å². The van der Waals surface area contributed by atoms with Gasteiger partial charge in [0.1, 0.15) is 19.7 Å². The Balaban J connectivity index is 4.05. The molecule has 2 unspecified atom stereocenters. The maximum Gasteiger partial charge on any atom is 0.602 e. The molecule has 0 aromatic carbocycles. The van der Waals surface area contributed by atoms with Gasteiger partial charge in [0.05, 0.1) is 0 Å². The molecule has 16 heteroatoms. The molecule has 0 saturated carbocycles. The van der Waals surface area contributed by atoms with Gasteiger partial charge in [0, 0.05) is 0 Å². The zero-order valence-electron chi connectivity index (χ0n) is 15.4. The molecule has 0 aromatic rings. The minimum absolute atomic E-state index is 0.183. The van der Waals surface area contributed by atoms with Crippen LogP contribution in [0.25, 0.3) is 0 Å². The molecule has 0 aliphatic carbocycles. The molecule has 16 nitrogen and oxygen atoms in total. The average Bonchev–Trinajstić information content (AvgIpc) is 2.63. The van der Waals surface area contributed by atoms with Crippen molar-refractivity contribution in [1.82, 2.24) is 0 Å². The van der Waals surface area contributed by atoms with Crippen molar-refractivity contribution in [2.45, 2.75) is 81.7 Å². The van der Waals surface area contributed by atoms with Gasteiger partial charge in [-0.3, -0.25) is 50.7 Å². The molecule has 0 saturated heterocycles. The quantitative estimate of drug-likeness (QED) is 0.106. The van der Waals surface area contributed by atoms with E-state index in [-0.39, 0.29) is 25.7 Å². The number of hydrogen-bond donors (Lipinski definition) is 4. The van der Waals surface area contributed by atoms with Crippen LogP contribution in [0.2, 0.25) is 0 Å². The summed E-state index contributed by atoms with van der Waals surface area (Å²) in [6.07, 6.45) is -2.00. The van der Waals surface area contributed by atoms with Crippen LogP contribution >= 0.6 is 0 Å². The van der Waals surface area contributed by atoms with Crippen molar-refractivity contribution in [2.24, 2.45) is 0 Å². The summed E-state index contributed by atoms with van der Waals surface area (Å²) in [5.41, 5.74) is 0. The van der Waals surface area contributed by atoms with Crippen LogP contribution in [0, 0.1) is 40.5 Å². The lowest BCUT2D eigenvalue weighted by molar-refractivity contribution is -0.857. The molecule has 0 bridgehead atoms. The van der Waals surface area contributed by atoms with Crippen LogP contribution in [0.3, 0.4) is 0 Å². The number of unbranched alkanes of at least 4 members (excludes halogenated alkanes) is 6. The number of hydrogen-bond acceptors (Lipinski definition) is 12. The first-order valence-corrected chi connectivity index (χ1v) is 8.71. The van der Waals surface area contributed by atoms with Crippen LogP contribution in [0.1, 0.15) is 57.8 Å². The lowest BCUT2D eigenvalue weighted by Gasteiger charge is -2.16. The van der Waals surface area contributed by atoms with Crippen molar-refractivity contribution in [3.05, 3.63) is 40.5 Å². The third-order valence-corrected chi connectivity index (χ3v) is 4.42. The van der Waals surface area contributed by atoms with E-state index in [1.165, 1.54) is 0 Å². The molecule has 4 N–H and O–H groups in total. The second-order valence-corrected chi connectivity index (χ2v) is 6.49. The van der Waals surface area contributed by atoms with Gasteiger partial charge < -0.3 is 10.2 Å². The predicted octanol–water partition coefficient (Wildman–Crippen LogP) is -0.382. The first kappa shape index (κ1) is 26.4. The van der Waals surface area contributed by atoms with Crippen LogP contribution in [0.15, 0.2) is 0 Å². The van der Waals surface area contributed by atoms with Gasteiger partial charge in [-0.1, -0.05) is 44.9 Å². The highest BCUT2D eigenvalue weighted by Gasteiger charge is 2.62. The Morgan fingerprint density at radius 2 is 0.759 bits per heavy atom. The smallest absolute Gasteiger partial charge is 0.377 e. The van der Waals surface area contributed by atoms with Gasteiger partial charge in [0.25, 0.3) is 0 Å². The van der Waals surface area contributed by atoms with Gasteiger partial charge in [-0.2, -0.15) is 0 Å². The van der Waals surface area contributed by atoms with Crippen LogP contribution in [-0.4, -0.2) is 64.0 Å². The molecule has 0 spiro atoms. The topological polar surface area (TPSA) is 253 Å². The predicted molar refractivity (Wildman–Crippen MR) is 91.4 cm³/mol. The lowest BCUT2D eigenvalue weighted by Crippen LogP contribution is -2.55. The van der Waals surface area contributed by atoms with E-state index in [1.807, 2.05) is 0 Å². The standard InChI is InChI=1S/C13H24N4O12/c18-10(12(20,14(22)23)15(24)25)8-6-4-2-1-3-5-7-9-11(19)13(21,16(26)27)17(28)29/h10-11,18-21H,1-9H2. The average molecular weight is 428 g/mol.